The first-order valence-corrected chi connectivity index (χ1v) is 14.3. The second-order valence-corrected chi connectivity index (χ2v) is 12.7. The van der Waals surface area contributed by atoms with Crippen LogP contribution in [0.3, 0.4) is 0 Å². The minimum atomic E-state index is -0.593. The molecule has 0 saturated heterocycles. The quantitative estimate of drug-likeness (QED) is 0.326. The smallest absolute Gasteiger partial charge is 0.162 e. The van der Waals surface area contributed by atoms with Crippen molar-refractivity contribution in [3.05, 3.63) is 83.1 Å². The molecule has 2 aromatic rings. The molecule has 0 fully saturated rings. The van der Waals surface area contributed by atoms with Gasteiger partial charge in [0, 0.05) is 47.0 Å². The van der Waals surface area contributed by atoms with Crippen molar-refractivity contribution in [2.45, 2.75) is 39.2 Å². The average molecular weight is 684 g/mol. The highest BCUT2D eigenvalue weighted by molar-refractivity contribution is 9.11. The number of nitrogens with two attached hydrogens (primary N) is 1. The summed E-state index contributed by atoms with van der Waals surface area (Å²) in [6.07, 6.45) is 1.06. The molecule has 1 aliphatic carbocycles. The van der Waals surface area contributed by atoms with Crippen LogP contribution in [-0.2, 0) is 16.1 Å². The van der Waals surface area contributed by atoms with Crippen molar-refractivity contribution in [2.24, 2.45) is 11.1 Å². The van der Waals surface area contributed by atoms with E-state index in [0.29, 0.717) is 67.7 Å². The average Bonchev–Trinajstić information content (AvgIpc) is 2.82. The number of ketones is 1. The van der Waals surface area contributed by atoms with Gasteiger partial charge in [-0.3, -0.25) is 4.79 Å². The van der Waals surface area contributed by atoms with E-state index in [1.165, 1.54) is 0 Å². The molecule has 6 nitrogen and oxygen atoms in total. The Bertz CT molecular complexity index is 1380. The highest BCUT2D eigenvalue weighted by Gasteiger charge is 2.44. The van der Waals surface area contributed by atoms with Crippen LogP contribution in [0.5, 0.6) is 5.75 Å². The standard InChI is InChI=1S/C28H27Br2Cl2N3O3/c1-28(2)11-22-25(23(36)12-28)24(18(13-33)27(34)35(22)6-7-37-3)16-8-19(29)26(20(30)9-16)38-14-15-4-5-17(31)10-21(15)32/h4-5,8-10,24H,6-7,11-12,14,34H2,1-3H3/t24-/m1/s1. The number of Topliss-reactive ketones (excluding diaryl/α,β-unsaturated/α-hetero) is 1. The second-order valence-electron chi connectivity index (χ2n) is 10.1. The minimum Gasteiger partial charge on any atom is -0.486 e. The van der Waals surface area contributed by atoms with E-state index >= 15 is 0 Å². The fourth-order valence-corrected chi connectivity index (χ4v) is 6.93. The lowest BCUT2D eigenvalue weighted by Gasteiger charge is -2.43. The van der Waals surface area contributed by atoms with Gasteiger partial charge in [-0.25, -0.2) is 0 Å². The lowest BCUT2D eigenvalue weighted by Crippen LogP contribution is -2.43. The molecule has 0 amide bonds. The van der Waals surface area contributed by atoms with Crippen LogP contribution in [0.2, 0.25) is 10.0 Å². The predicted octanol–water partition coefficient (Wildman–Crippen LogP) is 7.48. The molecule has 2 aromatic carbocycles. The first-order valence-electron chi connectivity index (χ1n) is 12.0. The third-order valence-corrected chi connectivity index (χ3v) is 8.51. The van der Waals surface area contributed by atoms with Crippen LogP contribution < -0.4 is 10.5 Å². The Balaban J connectivity index is 1.76. The van der Waals surface area contributed by atoms with Crippen LogP contribution in [0.15, 0.2) is 61.9 Å². The molecule has 1 atom stereocenters. The van der Waals surface area contributed by atoms with Gasteiger partial charge in [0.1, 0.15) is 18.2 Å². The topological polar surface area (TPSA) is 88.6 Å². The van der Waals surface area contributed by atoms with Crippen molar-refractivity contribution in [2.75, 3.05) is 20.3 Å². The molecule has 0 saturated carbocycles. The van der Waals surface area contributed by atoms with Gasteiger partial charge in [0.2, 0.25) is 0 Å². The SMILES string of the molecule is COCCN1C(N)=C(C#N)[C@@H](c2cc(Br)c(OCc3ccc(Cl)cc3Cl)c(Br)c2)C2=C1CC(C)(C)CC2=O. The Morgan fingerprint density at radius 2 is 1.87 bits per heavy atom. The third kappa shape index (κ3) is 5.78. The van der Waals surface area contributed by atoms with E-state index in [0.717, 1.165) is 16.8 Å². The van der Waals surface area contributed by atoms with E-state index in [1.54, 1.807) is 19.2 Å². The van der Waals surface area contributed by atoms with Gasteiger partial charge in [0.05, 0.1) is 33.1 Å². The van der Waals surface area contributed by atoms with E-state index in [9.17, 15) is 10.1 Å². The number of hydrogen-bond acceptors (Lipinski definition) is 6. The molecule has 2 aliphatic rings. The molecule has 0 spiro atoms. The number of nitrogens with zero attached hydrogens (tertiary/aromatic N) is 2. The van der Waals surface area contributed by atoms with Gasteiger partial charge in [-0.05, 0) is 73.5 Å². The van der Waals surface area contributed by atoms with Crippen molar-refractivity contribution < 1.29 is 14.3 Å². The summed E-state index contributed by atoms with van der Waals surface area (Å²) >= 11 is 19.6. The summed E-state index contributed by atoms with van der Waals surface area (Å²) in [4.78, 5) is 15.5. The number of ether oxygens (including phenoxy) is 2. The minimum absolute atomic E-state index is 0.0221. The molecule has 2 N–H and O–H groups in total. The number of halogens is 4. The van der Waals surface area contributed by atoms with Gasteiger partial charge < -0.3 is 20.1 Å². The summed E-state index contributed by atoms with van der Waals surface area (Å²) in [6, 6.07) is 11.3. The fourth-order valence-electron chi connectivity index (χ4n) is 5.02. The number of hydrogen-bond donors (Lipinski definition) is 1. The number of rotatable bonds is 7. The molecule has 0 aromatic heterocycles. The Labute approximate surface area is 249 Å². The maximum atomic E-state index is 13.6. The maximum Gasteiger partial charge on any atom is 0.162 e. The van der Waals surface area contributed by atoms with Crippen molar-refractivity contribution in [3.63, 3.8) is 0 Å². The van der Waals surface area contributed by atoms with Crippen molar-refractivity contribution in [1.82, 2.24) is 4.90 Å². The van der Waals surface area contributed by atoms with Crippen LogP contribution in [0.1, 0.15) is 43.7 Å². The number of benzene rings is 2. The first-order chi connectivity index (χ1) is 18.0. The van der Waals surface area contributed by atoms with Crippen LogP contribution >= 0.6 is 55.1 Å². The molecule has 0 unspecified atom stereocenters. The maximum absolute atomic E-state index is 13.6. The Hall–Kier alpha value is -2.02. The zero-order valence-corrected chi connectivity index (χ0v) is 25.9. The monoisotopic (exact) mass is 681 g/mol. The molecule has 0 radical (unpaired) electrons. The van der Waals surface area contributed by atoms with E-state index in [4.69, 9.17) is 38.4 Å². The lowest BCUT2D eigenvalue weighted by molar-refractivity contribution is -0.118. The van der Waals surface area contributed by atoms with Crippen LogP contribution in [0.25, 0.3) is 0 Å². The van der Waals surface area contributed by atoms with Crippen LogP contribution in [-0.4, -0.2) is 30.9 Å². The first kappa shape index (κ1) is 29.0. The summed E-state index contributed by atoms with van der Waals surface area (Å²) in [7, 11) is 1.61. The molecular formula is C28H27Br2Cl2N3O3. The zero-order chi connectivity index (χ0) is 27.8. The second kappa shape index (κ2) is 11.6. The molecule has 4 rings (SSSR count). The van der Waals surface area contributed by atoms with Crippen LogP contribution in [0.4, 0.5) is 0 Å². The summed E-state index contributed by atoms with van der Waals surface area (Å²) in [5.74, 6) is 0.348. The predicted molar refractivity (Wildman–Crippen MR) is 156 cm³/mol. The van der Waals surface area contributed by atoms with E-state index in [1.807, 2.05) is 23.1 Å². The van der Waals surface area contributed by atoms with E-state index in [2.05, 4.69) is 51.8 Å². The van der Waals surface area contributed by atoms with Gasteiger partial charge >= 0.3 is 0 Å². The van der Waals surface area contributed by atoms with Crippen LogP contribution in [0, 0.1) is 16.7 Å². The van der Waals surface area contributed by atoms with E-state index in [-0.39, 0.29) is 17.8 Å². The van der Waals surface area contributed by atoms with Gasteiger partial charge in [-0.2, -0.15) is 5.26 Å². The fraction of sp³-hybridized carbons (Fsp3) is 0.357. The van der Waals surface area contributed by atoms with Gasteiger partial charge in [0.15, 0.2) is 5.78 Å². The number of allylic oxidation sites excluding steroid dienone is 3. The van der Waals surface area contributed by atoms with E-state index < -0.39 is 5.92 Å². The molecule has 1 aliphatic heterocycles. The number of nitriles is 1. The van der Waals surface area contributed by atoms with Crippen molar-refractivity contribution in [1.29, 1.82) is 5.26 Å². The molecule has 1 heterocycles. The Kier molecular flexibility index (Phi) is 8.85. The molecule has 0 bridgehead atoms. The van der Waals surface area contributed by atoms with Crippen molar-refractivity contribution in [3.8, 4) is 11.8 Å². The highest BCUT2D eigenvalue weighted by Crippen LogP contribution is 2.50. The summed E-state index contributed by atoms with van der Waals surface area (Å²) in [5.41, 5.74) is 9.73. The molecule has 200 valence electrons. The third-order valence-electron chi connectivity index (χ3n) is 6.75. The highest BCUT2D eigenvalue weighted by atomic mass is 79.9. The van der Waals surface area contributed by atoms with Gasteiger partial charge in [-0.1, -0.05) is 43.1 Å². The lowest BCUT2D eigenvalue weighted by atomic mass is 9.68. The van der Waals surface area contributed by atoms with Crippen molar-refractivity contribution >= 4 is 60.8 Å². The Morgan fingerprint density at radius 3 is 2.47 bits per heavy atom. The van der Waals surface area contributed by atoms with Gasteiger partial charge in [0.25, 0.3) is 0 Å². The molecule has 10 heteroatoms. The number of carbonyl (C=O) groups excluding carboxylic acids is 1. The normalized spacial score (nSPS) is 18.9. The zero-order valence-electron chi connectivity index (χ0n) is 21.2. The summed E-state index contributed by atoms with van der Waals surface area (Å²) < 4.78 is 12.7. The number of carbonyl (C=O) groups is 1. The largest absolute Gasteiger partial charge is 0.486 e. The summed E-state index contributed by atoms with van der Waals surface area (Å²) in [5, 5.41) is 11.3. The summed E-state index contributed by atoms with van der Waals surface area (Å²) in [6.45, 7) is 5.24. The van der Waals surface area contributed by atoms with Gasteiger partial charge in [-0.15, -0.1) is 0 Å². The number of methoxy groups -OCH3 is 1. The Morgan fingerprint density at radius 1 is 1.18 bits per heavy atom. The molecule has 38 heavy (non-hydrogen) atoms. The molecular weight excluding hydrogens is 657 g/mol.